The van der Waals surface area contributed by atoms with Crippen LogP contribution in [0.15, 0.2) is 42.5 Å². The number of rotatable bonds is 1. The Labute approximate surface area is 100 Å². The minimum atomic E-state index is 0.0202. The summed E-state index contributed by atoms with van der Waals surface area (Å²) < 4.78 is 0. The fourth-order valence-electron chi connectivity index (χ4n) is 2.33. The highest BCUT2D eigenvalue weighted by atomic mass is 14.7. The number of aromatic nitrogens is 1. The molecule has 81 valence electrons. The fourth-order valence-corrected chi connectivity index (χ4v) is 2.33. The zero-order chi connectivity index (χ0) is 11.8. The molecule has 0 aliphatic carbocycles. The molecule has 0 fully saturated rings. The predicted octanol–water partition coefficient (Wildman–Crippen LogP) is 4.01. The minimum absolute atomic E-state index is 0.0202. The first-order valence-corrected chi connectivity index (χ1v) is 5.73. The topological polar surface area (TPSA) is 15.8 Å². The second-order valence-corrected chi connectivity index (χ2v) is 4.31. The molecule has 3 rings (SSSR count). The van der Waals surface area contributed by atoms with E-state index in [1.54, 1.807) is 0 Å². The van der Waals surface area contributed by atoms with E-state index in [4.69, 9.17) is 6.42 Å². The molecule has 1 heterocycles. The minimum Gasteiger partial charge on any atom is -0.354 e. The van der Waals surface area contributed by atoms with Crippen molar-refractivity contribution in [1.29, 1.82) is 0 Å². The van der Waals surface area contributed by atoms with Gasteiger partial charge in [0.05, 0.1) is 5.52 Å². The van der Waals surface area contributed by atoms with Crippen LogP contribution in [0.4, 0.5) is 0 Å². The van der Waals surface area contributed by atoms with Crippen LogP contribution in [0.1, 0.15) is 18.4 Å². The lowest BCUT2D eigenvalue weighted by atomic mass is 9.99. The van der Waals surface area contributed by atoms with Crippen LogP contribution in [-0.4, -0.2) is 4.98 Å². The molecule has 0 aliphatic rings. The Hall–Kier alpha value is -2.20. The molecule has 1 heteroatoms. The fraction of sp³-hybridized carbons (Fsp3) is 0.125. The van der Waals surface area contributed by atoms with Crippen LogP contribution in [0, 0.1) is 12.3 Å². The maximum absolute atomic E-state index is 7.29. The van der Waals surface area contributed by atoms with Crippen molar-refractivity contribution < 1.29 is 0 Å². The van der Waals surface area contributed by atoms with E-state index in [0.717, 1.165) is 16.6 Å². The monoisotopic (exact) mass is 218 g/mol. The summed E-state index contributed by atoms with van der Waals surface area (Å²) in [7, 11) is 0. The summed E-state index contributed by atoms with van der Waals surface area (Å²) >= 11 is 0. The molecule has 3 aromatic rings. The first-order chi connectivity index (χ1) is 8.31. The first kappa shape index (κ1) is 9.99. The predicted molar refractivity (Wildman–Crippen MR) is 71.4 cm³/mol. The van der Waals surface area contributed by atoms with E-state index in [1.165, 1.54) is 10.8 Å². The lowest BCUT2D eigenvalue weighted by Crippen LogP contribution is -1.90. The van der Waals surface area contributed by atoms with Gasteiger partial charge in [0.15, 0.2) is 0 Å². The normalized spacial score (nSPS) is 12.7. The third-order valence-corrected chi connectivity index (χ3v) is 3.26. The second kappa shape index (κ2) is 3.68. The molecule has 1 aromatic heterocycles. The van der Waals surface area contributed by atoms with Gasteiger partial charge >= 0.3 is 0 Å². The van der Waals surface area contributed by atoms with Gasteiger partial charge < -0.3 is 4.98 Å². The van der Waals surface area contributed by atoms with Crippen molar-refractivity contribution in [3.8, 4) is 5.92 Å². The molecular weight excluding hydrogens is 206 g/mol. The lowest BCUT2D eigenvalue weighted by Gasteiger charge is -2.05. The molecule has 0 spiro atoms. The number of aromatic amines is 1. The molecule has 0 bridgehead atoms. The van der Waals surface area contributed by atoms with Gasteiger partial charge in [0.1, 0.15) is 0 Å². The summed E-state index contributed by atoms with van der Waals surface area (Å²) in [4.78, 5) is 3.44. The van der Waals surface area contributed by atoms with Crippen LogP contribution in [-0.2, 0) is 0 Å². The molecule has 2 aromatic carbocycles. The molecule has 1 N–H and O–H groups in total. The number of hydrogen-bond donors (Lipinski definition) is 1. The Morgan fingerprint density at radius 3 is 2.65 bits per heavy atom. The van der Waals surface area contributed by atoms with E-state index >= 15 is 0 Å². The summed E-state index contributed by atoms with van der Waals surface area (Å²) in [6.07, 6.45) is 7.29. The lowest BCUT2D eigenvalue weighted by molar-refractivity contribution is 1.01. The number of para-hydroxylation sites is 2. The van der Waals surface area contributed by atoms with E-state index in [9.17, 15) is 0 Å². The molecule has 0 aliphatic heterocycles. The summed E-state index contributed by atoms with van der Waals surface area (Å²) in [6, 6.07) is 14.5. The van der Waals surface area contributed by atoms with E-state index in [0.29, 0.717) is 0 Å². The standard InChI is InChI=1S/C16H12N/c1-3-11(2)12-8-6-9-14-13-7-4-5-10-15(13)17-16(12)14/h4-11,17H,2H3. The average molecular weight is 218 g/mol. The van der Waals surface area contributed by atoms with Gasteiger partial charge in [0.25, 0.3) is 0 Å². The summed E-state index contributed by atoms with van der Waals surface area (Å²) in [5.41, 5.74) is 3.40. The van der Waals surface area contributed by atoms with E-state index < -0.39 is 0 Å². The van der Waals surface area contributed by atoms with Gasteiger partial charge in [-0.2, -0.15) is 0 Å². The van der Waals surface area contributed by atoms with E-state index in [-0.39, 0.29) is 5.92 Å². The molecule has 1 nitrogen and oxygen atoms in total. The molecule has 1 atom stereocenters. The van der Waals surface area contributed by atoms with Crippen molar-refractivity contribution in [3.63, 3.8) is 0 Å². The van der Waals surface area contributed by atoms with Crippen LogP contribution in [0.2, 0.25) is 0 Å². The summed E-state index contributed by atoms with van der Waals surface area (Å²) in [5, 5.41) is 2.46. The van der Waals surface area contributed by atoms with Crippen molar-refractivity contribution in [2.45, 2.75) is 12.8 Å². The number of nitrogens with one attached hydrogen (secondary N) is 1. The maximum Gasteiger partial charge on any atom is 0.0509 e. The Morgan fingerprint density at radius 2 is 1.82 bits per heavy atom. The summed E-state index contributed by atoms with van der Waals surface area (Å²) in [5.74, 6) is 2.57. The van der Waals surface area contributed by atoms with Crippen LogP contribution >= 0.6 is 0 Å². The second-order valence-electron chi connectivity index (χ2n) is 4.31. The summed E-state index contributed by atoms with van der Waals surface area (Å²) in [6.45, 7) is 1.99. The third-order valence-electron chi connectivity index (χ3n) is 3.26. The van der Waals surface area contributed by atoms with Gasteiger partial charge in [-0.3, -0.25) is 0 Å². The van der Waals surface area contributed by atoms with Crippen LogP contribution in [0.5, 0.6) is 0 Å². The first-order valence-electron chi connectivity index (χ1n) is 5.73. The largest absolute Gasteiger partial charge is 0.354 e. The Balaban J connectivity index is 2.44. The van der Waals surface area contributed by atoms with Crippen molar-refractivity contribution in [2.24, 2.45) is 0 Å². The van der Waals surface area contributed by atoms with Gasteiger partial charge in [-0.15, -0.1) is 0 Å². The van der Waals surface area contributed by atoms with Crippen molar-refractivity contribution in [2.75, 3.05) is 0 Å². The van der Waals surface area contributed by atoms with Crippen LogP contribution in [0.25, 0.3) is 21.8 Å². The zero-order valence-electron chi connectivity index (χ0n) is 9.62. The number of benzene rings is 2. The van der Waals surface area contributed by atoms with Gasteiger partial charge in [0.2, 0.25) is 0 Å². The zero-order valence-corrected chi connectivity index (χ0v) is 9.62. The van der Waals surface area contributed by atoms with Crippen molar-refractivity contribution in [3.05, 3.63) is 54.5 Å². The molecule has 17 heavy (non-hydrogen) atoms. The highest BCUT2D eigenvalue weighted by Crippen LogP contribution is 2.30. The molecule has 0 saturated heterocycles. The van der Waals surface area contributed by atoms with E-state index in [1.807, 2.05) is 19.1 Å². The highest BCUT2D eigenvalue weighted by molar-refractivity contribution is 6.08. The Bertz CT molecular complexity index is 728. The van der Waals surface area contributed by atoms with Crippen LogP contribution in [0.3, 0.4) is 0 Å². The van der Waals surface area contributed by atoms with Gasteiger partial charge in [0, 0.05) is 22.2 Å². The molecule has 0 saturated carbocycles. The van der Waals surface area contributed by atoms with E-state index in [2.05, 4.69) is 41.2 Å². The van der Waals surface area contributed by atoms with Gasteiger partial charge in [-0.1, -0.05) is 42.3 Å². The number of hydrogen-bond acceptors (Lipinski definition) is 0. The van der Waals surface area contributed by atoms with Gasteiger partial charge in [-0.05, 0) is 25.0 Å². The maximum atomic E-state index is 7.29. The highest BCUT2D eigenvalue weighted by Gasteiger charge is 2.10. The Morgan fingerprint density at radius 1 is 1.06 bits per heavy atom. The van der Waals surface area contributed by atoms with Crippen molar-refractivity contribution >= 4 is 21.8 Å². The average Bonchev–Trinajstić information content (AvgIpc) is 2.76. The molecular formula is C16H12N. The van der Waals surface area contributed by atoms with Crippen molar-refractivity contribution in [1.82, 2.24) is 4.98 Å². The quantitative estimate of drug-likeness (QED) is 0.594. The Kier molecular flexibility index (Phi) is 2.16. The number of H-pyrrole nitrogens is 1. The van der Waals surface area contributed by atoms with Crippen LogP contribution < -0.4 is 0 Å². The third kappa shape index (κ3) is 1.42. The molecule has 0 amide bonds. The molecule has 1 radical (unpaired) electrons. The molecule has 1 unspecified atom stereocenters. The SMILES string of the molecule is [C]#CC(C)c1cccc2c1[nH]c1ccccc12. The smallest absolute Gasteiger partial charge is 0.0509 e. The number of fused-ring (bicyclic) bond motifs is 3. The van der Waals surface area contributed by atoms with Gasteiger partial charge in [-0.25, -0.2) is 0 Å².